The van der Waals surface area contributed by atoms with Gasteiger partial charge in [0.2, 0.25) is 11.8 Å². The van der Waals surface area contributed by atoms with Gasteiger partial charge < -0.3 is 24.9 Å². The number of fused-ring (bicyclic) bond motifs is 2. The molecule has 3 amide bonds. The molecule has 1 spiro atoms. The molecule has 1 aliphatic carbocycles. The number of rotatable bonds is 6. The highest BCUT2D eigenvalue weighted by Gasteiger charge is 2.58. The van der Waals surface area contributed by atoms with E-state index in [2.05, 4.69) is 21.3 Å². The van der Waals surface area contributed by atoms with Crippen molar-refractivity contribution in [3.8, 4) is 0 Å². The Morgan fingerprint density at radius 3 is 2.66 bits per heavy atom. The molecule has 0 bridgehead atoms. The number of carbonyl (C=O) groups is 3. The normalized spacial score (nSPS) is 26.5. The number of pyridine rings is 1. The summed E-state index contributed by atoms with van der Waals surface area (Å²) in [7, 11) is -4.21. The zero-order valence-electron chi connectivity index (χ0n) is 24.4. The van der Waals surface area contributed by atoms with Crippen LogP contribution in [0.1, 0.15) is 84.5 Å². The van der Waals surface area contributed by atoms with Crippen LogP contribution in [0.25, 0.3) is 10.1 Å². The Morgan fingerprint density at radius 2 is 1.91 bits per heavy atom. The van der Waals surface area contributed by atoms with Gasteiger partial charge in [-0.25, -0.2) is 0 Å². The summed E-state index contributed by atoms with van der Waals surface area (Å²) in [6, 6.07) is 9.62. The lowest BCUT2D eigenvalue weighted by Crippen LogP contribution is -2.57. The molecular weight excluding hydrogens is 599 g/mol. The molecule has 3 aromatic rings. The van der Waals surface area contributed by atoms with Crippen LogP contribution >= 0.6 is 18.9 Å². The van der Waals surface area contributed by atoms with Crippen molar-refractivity contribution >= 4 is 46.7 Å². The molecule has 3 saturated heterocycles. The predicted octanol–water partition coefficient (Wildman–Crippen LogP) is 4.55. The quantitative estimate of drug-likeness (QED) is 0.337. The first kappa shape index (κ1) is 29.6. The zero-order chi connectivity index (χ0) is 30.6. The van der Waals surface area contributed by atoms with Crippen LogP contribution < -0.4 is 5.32 Å². The van der Waals surface area contributed by atoms with Crippen LogP contribution in [0.15, 0.2) is 48.8 Å². The molecule has 3 aliphatic heterocycles. The number of aromatic nitrogens is 1. The summed E-state index contributed by atoms with van der Waals surface area (Å²) in [6.45, 7) is 0.649. The Kier molecular flexibility index (Phi) is 7.64. The van der Waals surface area contributed by atoms with Crippen LogP contribution in [0.3, 0.4) is 0 Å². The molecule has 0 radical (unpaired) electrons. The summed E-state index contributed by atoms with van der Waals surface area (Å²) >= 11 is 1.28. The second kappa shape index (κ2) is 11.4. The third-order valence-corrected chi connectivity index (χ3v) is 11.9. The van der Waals surface area contributed by atoms with Crippen molar-refractivity contribution in [2.45, 2.75) is 93.5 Å². The monoisotopic (exact) mass is 636 g/mol. The third kappa shape index (κ3) is 5.71. The molecule has 1 aromatic carbocycles. The fourth-order valence-electron chi connectivity index (χ4n) is 7.69. The predicted molar refractivity (Wildman–Crippen MR) is 166 cm³/mol. The molecular formula is C32H37N4O6PS. The standard InChI is InChI=1S/C32H37N4O6PS/c37-29(28-15-22-14-20(19-43(40,41)42)7-10-27(22)44-28)34-25-6-2-1-5-24-8-9-26(36(24)30(25)38)31(39)35-18-23(16-32(35)11-12-32)21-4-3-13-33-17-21/h3-4,7,10,13-15,17,23-26H,1-2,5-6,8-9,11-12,16,18-19H2,(H,34,37)(H2,40,41,42)/t23-,24-,25-,26-/m0/s1. The Balaban J connectivity index is 1.08. The molecule has 4 fully saturated rings. The molecule has 7 rings (SSSR count). The maximum Gasteiger partial charge on any atom is 0.329 e. The Labute approximate surface area is 260 Å². The highest BCUT2D eigenvalue weighted by molar-refractivity contribution is 7.50. The van der Waals surface area contributed by atoms with Crippen molar-refractivity contribution in [3.63, 3.8) is 0 Å². The number of nitrogens with zero attached hydrogens (tertiary/aromatic N) is 3. The Bertz CT molecular complexity index is 1650. The van der Waals surface area contributed by atoms with Gasteiger partial charge in [-0.05, 0) is 85.7 Å². The Morgan fingerprint density at radius 1 is 1.09 bits per heavy atom. The van der Waals surface area contributed by atoms with Crippen LogP contribution in [-0.4, -0.2) is 72.5 Å². The van der Waals surface area contributed by atoms with Gasteiger partial charge in [-0.1, -0.05) is 25.0 Å². The minimum atomic E-state index is -4.21. The van der Waals surface area contributed by atoms with Crippen molar-refractivity contribution in [1.82, 2.24) is 20.1 Å². The maximum absolute atomic E-state index is 14.2. The summed E-state index contributed by atoms with van der Waals surface area (Å²) in [6.07, 6.45) is 10.8. The molecule has 3 N–H and O–H groups in total. The molecule has 44 heavy (non-hydrogen) atoms. The van der Waals surface area contributed by atoms with E-state index in [0.29, 0.717) is 29.8 Å². The number of hydrogen-bond acceptors (Lipinski definition) is 6. The highest BCUT2D eigenvalue weighted by Crippen LogP contribution is 2.54. The zero-order valence-corrected chi connectivity index (χ0v) is 26.1. The number of carbonyl (C=O) groups excluding carboxylic acids is 3. The van der Waals surface area contributed by atoms with Gasteiger partial charge in [0.25, 0.3) is 5.91 Å². The number of hydrogen-bond donors (Lipinski definition) is 3. The van der Waals surface area contributed by atoms with Crippen LogP contribution in [-0.2, 0) is 20.3 Å². The third-order valence-electron chi connectivity index (χ3n) is 9.97. The van der Waals surface area contributed by atoms with E-state index in [9.17, 15) is 28.7 Å². The van der Waals surface area contributed by atoms with Crippen molar-refractivity contribution in [2.24, 2.45) is 0 Å². The van der Waals surface area contributed by atoms with Gasteiger partial charge in [0.15, 0.2) is 0 Å². The number of thiophene rings is 1. The first-order valence-corrected chi connectivity index (χ1v) is 18.1. The van der Waals surface area contributed by atoms with E-state index >= 15 is 0 Å². The van der Waals surface area contributed by atoms with Gasteiger partial charge in [-0.2, -0.15) is 0 Å². The molecule has 4 atom stereocenters. The number of likely N-dealkylation sites (tertiary alicyclic amines) is 1. The molecule has 10 nitrogen and oxygen atoms in total. The molecule has 12 heteroatoms. The van der Waals surface area contributed by atoms with Crippen molar-refractivity contribution in [3.05, 3.63) is 64.8 Å². The van der Waals surface area contributed by atoms with Crippen molar-refractivity contribution < 1.29 is 28.7 Å². The second-order valence-electron chi connectivity index (χ2n) is 13.0. The SMILES string of the molecule is O=C(N[C@H]1CCCC[C@H]2CC[C@@H](C(=O)N3C[C@@H](c4cccnc4)CC34CC4)N2C1=O)c1cc2cc(CP(=O)(O)O)ccc2s1. The largest absolute Gasteiger partial charge is 0.340 e. The van der Waals surface area contributed by atoms with Gasteiger partial charge in [0.1, 0.15) is 12.1 Å². The van der Waals surface area contributed by atoms with Gasteiger partial charge >= 0.3 is 7.60 Å². The van der Waals surface area contributed by atoms with E-state index in [1.165, 1.54) is 11.3 Å². The minimum absolute atomic E-state index is 0.000186. The lowest BCUT2D eigenvalue weighted by Gasteiger charge is -2.37. The van der Waals surface area contributed by atoms with Crippen molar-refractivity contribution in [2.75, 3.05) is 6.54 Å². The number of nitrogens with one attached hydrogen (secondary N) is 1. The molecule has 5 heterocycles. The lowest BCUT2D eigenvalue weighted by atomic mass is 9.97. The van der Waals surface area contributed by atoms with Crippen LogP contribution in [0, 0.1) is 0 Å². The van der Waals surface area contributed by atoms with E-state index in [1.807, 2.05) is 17.2 Å². The van der Waals surface area contributed by atoms with E-state index in [-0.39, 0.29) is 41.4 Å². The highest BCUT2D eigenvalue weighted by atomic mass is 32.1. The smallest absolute Gasteiger partial charge is 0.329 e. The minimum Gasteiger partial charge on any atom is -0.340 e. The fourth-order valence-corrected chi connectivity index (χ4v) is 9.31. The molecule has 232 valence electrons. The van der Waals surface area contributed by atoms with Gasteiger partial charge in [-0.15, -0.1) is 11.3 Å². The lowest BCUT2D eigenvalue weighted by molar-refractivity contribution is -0.148. The van der Waals surface area contributed by atoms with Crippen LogP contribution in [0.4, 0.5) is 0 Å². The molecule has 2 aromatic heterocycles. The van der Waals surface area contributed by atoms with E-state index in [0.717, 1.165) is 60.6 Å². The second-order valence-corrected chi connectivity index (χ2v) is 15.7. The first-order chi connectivity index (χ1) is 21.1. The fraction of sp³-hybridized carbons (Fsp3) is 0.500. The number of amides is 3. The van der Waals surface area contributed by atoms with Gasteiger partial charge in [0, 0.05) is 41.1 Å². The summed E-state index contributed by atoms with van der Waals surface area (Å²) in [4.78, 5) is 69.1. The van der Waals surface area contributed by atoms with Gasteiger partial charge in [-0.3, -0.25) is 23.9 Å². The summed E-state index contributed by atoms with van der Waals surface area (Å²) in [5, 5.41) is 3.72. The van der Waals surface area contributed by atoms with Crippen LogP contribution in [0.5, 0.6) is 0 Å². The van der Waals surface area contributed by atoms with E-state index < -0.39 is 19.7 Å². The molecule has 0 unspecified atom stereocenters. The number of benzene rings is 1. The molecule has 4 aliphatic rings. The summed E-state index contributed by atoms with van der Waals surface area (Å²) in [5.74, 6) is -0.226. The topological polar surface area (TPSA) is 140 Å². The summed E-state index contributed by atoms with van der Waals surface area (Å²) < 4.78 is 12.3. The van der Waals surface area contributed by atoms with Gasteiger partial charge in [0.05, 0.1) is 11.0 Å². The first-order valence-electron chi connectivity index (χ1n) is 15.5. The van der Waals surface area contributed by atoms with Crippen molar-refractivity contribution in [1.29, 1.82) is 0 Å². The van der Waals surface area contributed by atoms with E-state index in [4.69, 9.17) is 0 Å². The Hall–Kier alpha value is -3.11. The molecule has 1 saturated carbocycles. The van der Waals surface area contributed by atoms with E-state index in [1.54, 1.807) is 30.5 Å². The average Bonchev–Trinajstić information content (AvgIpc) is 3.30. The maximum atomic E-state index is 14.2. The average molecular weight is 637 g/mol. The van der Waals surface area contributed by atoms with Crippen LogP contribution in [0.2, 0.25) is 0 Å². The summed E-state index contributed by atoms with van der Waals surface area (Å²) in [5.41, 5.74) is 1.54.